The number of oxazole rings is 1. The third-order valence-corrected chi connectivity index (χ3v) is 15.0. The maximum atomic E-state index is 14.0. The molecule has 6 aromatic heterocycles. The Balaban J connectivity index is 0.849. The molecule has 2 aromatic carbocycles. The summed E-state index contributed by atoms with van der Waals surface area (Å²) in [6.07, 6.45) is 7.28. The zero-order valence-electron chi connectivity index (χ0n) is 51.5. The normalized spacial score (nSPS) is 13.0. The number of amides is 9. The van der Waals surface area contributed by atoms with Crippen LogP contribution in [0, 0.1) is 19.8 Å². The van der Waals surface area contributed by atoms with Crippen LogP contribution in [0.5, 0.6) is 5.75 Å². The third kappa shape index (κ3) is 14.8. The monoisotopic (exact) mass is 1240 g/mol. The lowest BCUT2D eigenvalue weighted by molar-refractivity contribution is -0.137. The maximum Gasteiger partial charge on any atom is 0.409 e. The van der Waals surface area contributed by atoms with Gasteiger partial charge in [-0.25, -0.2) is 24.7 Å². The number of aromatic nitrogens is 8. The van der Waals surface area contributed by atoms with Crippen molar-refractivity contribution in [2.24, 2.45) is 17.4 Å². The first-order chi connectivity index (χ1) is 43.5. The molecule has 9 amide bonds. The number of hydrogen-bond donors (Lipinski definition) is 6. The molecular weight excluding hydrogens is 1170 g/mol. The lowest BCUT2D eigenvalue weighted by Gasteiger charge is -2.24. The van der Waals surface area contributed by atoms with Gasteiger partial charge >= 0.3 is 6.09 Å². The van der Waals surface area contributed by atoms with E-state index in [2.05, 4.69) is 36.3 Å². The molecule has 1 aliphatic heterocycles. The molecule has 0 spiro atoms. The molecule has 2 atom stereocenters. The third-order valence-electron chi connectivity index (χ3n) is 15.0. The Bertz CT molecular complexity index is 4210. The van der Waals surface area contributed by atoms with Gasteiger partial charge in [0.2, 0.25) is 41.2 Å². The molecule has 1 aliphatic rings. The van der Waals surface area contributed by atoms with Gasteiger partial charge in [-0.15, -0.1) is 0 Å². The second kappa shape index (κ2) is 28.0. The van der Waals surface area contributed by atoms with Crippen LogP contribution >= 0.6 is 0 Å². The van der Waals surface area contributed by atoms with Gasteiger partial charge in [0, 0.05) is 93.5 Å². The number of allylic oxidation sites excluding steroid dienone is 2. The van der Waals surface area contributed by atoms with Gasteiger partial charge in [-0.1, -0.05) is 45.1 Å². The lowest BCUT2D eigenvalue weighted by atomic mass is 10.0. The van der Waals surface area contributed by atoms with E-state index in [0.29, 0.717) is 70.1 Å². The van der Waals surface area contributed by atoms with Crippen molar-refractivity contribution >= 4 is 98.1 Å². The highest BCUT2D eigenvalue weighted by atomic mass is 16.6. The Morgan fingerprint density at radius 1 is 0.791 bits per heavy atom. The first-order valence-electron chi connectivity index (χ1n) is 29.5. The summed E-state index contributed by atoms with van der Waals surface area (Å²) >= 11 is 0. The Morgan fingerprint density at radius 2 is 1.51 bits per heavy atom. The Kier molecular flexibility index (Phi) is 19.8. The van der Waals surface area contributed by atoms with Crippen molar-refractivity contribution < 1.29 is 57.0 Å². The fraction of sp³-hybridized carbons (Fsp3) is 0.333. The van der Waals surface area contributed by atoms with Gasteiger partial charge in [0.05, 0.1) is 40.5 Å². The van der Waals surface area contributed by atoms with Gasteiger partial charge in [-0.3, -0.25) is 53.3 Å². The molecule has 474 valence electrons. The van der Waals surface area contributed by atoms with E-state index in [1.165, 1.54) is 30.2 Å². The van der Waals surface area contributed by atoms with E-state index in [1.54, 1.807) is 62.7 Å². The van der Waals surface area contributed by atoms with E-state index >= 15 is 0 Å². The number of nitrogens with zero attached hydrogens (tertiary/aromatic N) is 10. The first kappa shape index (κ1) is 64.4. The van der Waals surface area contributed by atoms with Crippen molar-refractivity contribution in [2.75, 3.05) is 37.4 Å². The standard InChI is InChI=1S/C63H70N16O12/c1-9-44-54(91-37(7)68-44)61(87)73-62-71-46-30-39(55(64)83)31-48(53(46)77(62)24-11-12-25-78-57-43(29-40(32-66-57)56(65)84)42-18-19-45(70-58(42)78)47-28-35(5)74-79(47)10-2)89-27-13-23-75(8)63(88)90-33-38-14-16-41(17-15-38)69-59(85)36(6)67-60(86)52(34(3)4)72-49(80)22-26-76-50(81)20-21-51(76)82/h11-12,14-21,28-32,34,36,52H,9-10,13,22-27,33H2,1-8H3,(H2,64,83)(H2,65,84)(H,67,86)(H,69,85)(H,72,80)(H,71,73,87)/b12-11+/t36-,52-/m0/s1. The average Bonchev–Trinajstić information content (AvgIpc) is 1.62. The number of aryl methyl sites for hydroxylation is 4. The minimum absolute atomic E-state index is 0.0118. The summed E-state index contributed by atoms with van der Waals surface area (Å²) in [5, 5.41) is 16.9. The number of benzene rings is 2. The van der Waals surface area contributed by atoms with Crippen LogP contribution in [0.4, 0.5) is 16.4 Å². The highest BCUT2D eigenvalue weighted by Gasteiger charge is 2.30. The average molecular weight is 1240 g/mol. The largest absolute Gasteiger partial charge is 0.491 e. The Morgan fingerprint density at radius 3 is 2.19 bits per heavy atom. The molecule has 0 saturated carbocycles. The van der Waals surface area contributed by atoms with Crippen LogP contribution in [0.2, 0.25) is 0 Å². The van der Waals surface area contributed by atoms with Crippen molar-refractivity contribution in [2.45, 2.75) is 106 Å². The second-order valence-electron chi connectivity index (χ2n) is 22.0. The van der Waals surface area contributed by atoms with Gasteiger partial charge in [0.25, 0.3) is 17.7 Å². The number of carbonyl (C=O) groups is 9. The van der Waals surface area contributed by atoms with Gasteiger partial charge in [0.15, 0.2) is 5.89 Å². The number of hydrogen-bond acceptors (Lipinski definition) is 17. The number of nitrogens with one attached hydrogen (secondary N) is 4. The molecule has 8 N–H and O–H groups in total. The number of imidazole rings is 1. The summed E-state index contributed by atoms with van der Waals surface area (Å²) in [5.74, 6) is -4.47. The minimum atomic E-state index is -1.01. The minimum Gasteiger partial charge on any atom is -0.491 e. The van der Waals surface area contributed by atoms with Crippen molar-refractivity contribution in [3.8, 4) is 17.1 Å². The maximum absolute atomic E-state index is 14.0. The van der Waals surface area contributed by atoms with Crippen LogP contribution < -0.4 is 37.5 Å². The molecule has 0 aliphatic carbocycles. The second-order valence-corrected chi connectivity index (χ2v) is 22.0. The Labute approximate surface area is 521 Å². The molecule has 8 aromatic rings. The molecule has 91 heavy (non-hydrogen) atoms. The van der Waals surface area contributed by atoms with Crippen LogP contribution in [0.15, 0.2) is 95.6 Å². The van der Waals surface area contributed by atoms with E-state index in [-0.39, 0.29) is 85.8 Å². The summed E-state index contributed by atoms with van der Waals surface area (Å²) in [6.45, 7) is 13.3. The SMILES string of the molecule is CCc1nc(C)oc1C(=O)Nc1nc2cc(C(N)=O)cc(OCCCN(C)C(=O)OCc3ccc(NC(=O)[C@H](C)NC(=O)[C@@H](NC(=O)CCN4C(=O)C=CC4=O)C(C)C)cc3)c2n1C/C=C/Cn1c2ncc(C(N)=O)cc2c2ccc(-c3cc(C)nn3CC)nc21. The number of nitrogens with two attached hydrogens (primary N) is 2. The number of fused-ring (bicyclic) bond motifs is 4. The molecular formula is C63H70N16O12. The highest BCUT2D eigenvalue weighted by molar-refractivity contribution is 6.13. The van der Waals surface area contributed by atoms with Crippen LogP contribution in [0.25, 0.3) is 44.5 Å². The molecule has 0 saturated heterocycles. The fourth-order valence-electron chi connectivity index (χ4n) is 10.2. The summed E-state index contributed by atoms with van der Waals surface area (Å²) < 4.78 is 23.2. The van der Waals surface area contributed by atoms with E-state index in [0.717, 1.165) is 33.8 Å². The van der Waals surface area contributed by atoms with Gasteiger partial charge < -0.3 is 55.3 Å². The van der Waals surface area contributed by atoms with Crippen molar-refractivity contribution in [3.63, 3.8) is 0 Å². The van der Waals surface area contributed by atoms with E-state index in [9.17, 15) is 43.2 Å². The van der Waals surface area contributed by atoms with E-state index in [4.69, 9.17) is 35.3 Å². The molecule has 0 unspecified atom stereocenters. The predicted molar refractivity (Wildman–Crippen MR) is 334 cm³/mol. The number of primary amides is 2. The van der Waals surface area contributed by atoms with Gasteiger partial charge in [-0.2, -0.15) is 5.10 Å². The van der Waals surface area contributed by atoms with Gasteiger partial charge in [-0.05, 0) is 93.6 Å². The molecule has 28 nitrogen and oxygen atoms in total. The zero-order valence-corrected chi connectivity index (χ0v) is 51.5. The summed E-state index contributed by atoms with van der Waals surface area (Å²) in [5.41, 5.74) is 17.5. The molecule has 28 heteroatoms. The fourth-order valence-corrected chi connectivity index (χ4v) is 10.2. The van der Waals surface area contributed by atoms with Crippen molar-refractivity contribution in [1.29, 1.82) is 0 Å². The summed E-state index contributed by atoms with van der Waals surface area (Å²) in [6, 6.07) is 15.0. The molecule has 9 rings (SSSR count). The van der Waals surface area contributed by atoms with Crippen molar-refractivity contribution in [3.05, 3.63) is 131 Å². The summed E-state index contributed by atoms with van der Waals surface area (Å²) in [4.78, 5) is 136. The van der Waals surface area contributed by atoms with Crippen molar-refractivity contribution in [1.82, 2.24) is 59.3 Å². The number of imide groups is 1. The lowest BCUT2D eigenvalue weighted by Crippen LogP contribution is -2.54. The van der Waals surface area contributed by atoms with E-state index < -0.39 is 65.4 Å². The molecule has 0 bridgehead atoms. The number of pyridine rings is 2. The summed E-state index contributed by atoms with van der Waals surface area (Å²) in [7, 11) is 1.56. The number of rotatable bonds is 27. The first-order valence-corrected chi connectivity index (χ1v) is 29.5. The van der Waals surface area contributed by atoms with Crippen LogP contribution in [-0.2, 0) is 61.4 Å². The van der Waals surface area contributed by atoms with E-state index in [1.807, 2.05) is 60.4 Å². The molecule has 7 heterocycles. The topological polar surface area (TPSA) is 371 Å². The zero-order chi connectivity index (χ0) is 65.4. The molecule has 0 fully saturated rings. The number of anilines is 2. The van der Waals surface area contributed by atoms with Gasteiger partial charge in [0.1, 0.15) is 41.3 Å². The van der Waals surface area contributed by atoms with Crippen LogP contribution in [0.3, 0.4) is 0 Å². The van der Waals surface area contributed by atoms with Crippen LogP contribution in [-0.4, -0.2) is 141 Å². The van der Waals surface area contributed by atoms with Crippen LogP contribution in [0.1, 0.15) is 102 Å². The smallest absolute Gasteiger partial charge is 0.409 e. The number of carbonyl (C=O) groups excluding carboxylic acids is 9. The number of ether oxygens (including phenoxy) is 2. The highest BCUT2D eigenvalue weighted by Crippen LogP contribution is 2.33. The Hall–Kier alpha value is -11.1. The molecule has 0 radical (unpaired) electrons. The quantitative estimate of drug-likeness (QED) is 0.0206. The predicted octanol–water partition coefficient (Wildman–Crippen LogP) is 5.63.